The summed E-state index contributed by atoms with van der Waals surface area (Å²) < 4.78 is 171. The van der Waals surface area contributed by atoms with Gasteiger partial charge in [-0.3, -0.25) is 0 Å². The van der Waals surface area contributed by atoms with Crippen LogP contribution >= 0.6 is 0 Å². The molecule has 0 spiro atoms. The Balaban J connectivity index is 5.51. The molecular formula is C10H7F12NO2S. The number of rotatable bonds is 7. The topological polar surface area (TPSA) is 57.9 Å². The molecule has 1 atom stereocenters. The van der Waals surface area contributed by atoms with Crippen molar-refractivity contribution in [2.24, 2.45) is 0 Å². The second kappa shape index (κ2) is 6.97. The Morgan fingerprint density at radius 2 is 1.19 bits per heavy atom. The zero-order valence-corrected chi connectivity index (χ0v) is 12.7. The zero-order chi connectivity index (χ0) is 21.4. The van der Waals surface area contributed by atoms with Gasteiger partial charge in [0.15, 0.2) is 15.1 Å². The van der Waals surface area contributed by atoms with Crippen LogP contribution in [0.4, 0.5) is 52.7 Å². The van der Waals surface area contributed by atoms with E-state index < -0.39 is 63.8 Å². The van der Waals surface area contributed by atoms with Gasteiger partial charge in [-0.05, 0) is 0 Å². The predicted molar refractivity (Wildman–Crippen MR) is 59.4 cm³/mol. The van der Waals surface area contributed by atoms with Crippen LogP contribution in [0.1, 0.15) is 12.8 Å². The van der Waals surface area contributed by atoms with Crippen LogP contribution in [0.25, 0.3) is 0 Å². The first-order chi connectivity index (χ1) is 11.1. The van der Waals surface area contributed by atoms with Crippen molar-refractivity contribution in [3.63, 3.8) is 0 Å². The third-order valence-electron chi connectivity index (χ3n) is 2.95. The van der Waals surface area contributed by atoms with E-state index >= 15 is 0 Å². The molecule has 0 saturated heterocycles. The molecule has 0 bridgehead atoms. The lowest BCUT2D eigenvalue weighted by molar-refractivity contribution is -0.355. The van der Waals surface area contributed by atoms with Gasteiger partial charge in [0, 0.05) is 12.8 Å². The van der Waals surface area contributed by atoms with E-state index in [0.29, 0.717) is 6.07 Å². The first-order valence-corrected chi connectivity index (χ1v) is 7.72. The Labute approximate surface area is 137 Å². The van der Waals surface area contributed by atoms with Crippen LogP contribution in [-0.2, 0) is 9.84 Å². The largest absolute Gasteiger partial charge is 0.459 e. The van der Waals surface area contributed by atoms with Gasteiger partial charge in [-0.15, -0.1) is 0 Å². The lowest BCUT2D eigenvalue weighted by Gasteiger charge is -2.29. The molecule has 154 valence electrons. The maximum atomic E-state index is 13.1. The molecular weight excluding hydrogens is 426 g/mol. The highest BCUT2D eigenvalue weighted by Gasteiger charge is 2.73. The van der Waals surface area contributed by atoms with Crippen molar-refractivity contribution in [3.8, 4) is 6.07 Å². The summed E-state index contributed by atoms with van der Waals surface area (Å²) in [4.78, 5) is 0. The number of alkyl halides is 12. The molecule has 0 aromatic carbocycles. The number of halogens is 12. The molecule has 0 amide bonds. The molecule has 0 saturated carbocycles. The smallest absolute Gasteiger partial charge is 0.227 e. The lowest BCUT2D eigenvalue weighted by Crippen LogP contribution is -2.53. The summed E-state index contributed by atoms with van der Waals surface area (Å²) in [6, 6.07) is 0.402. The predicted octanol–water partition coefficient (Wildman–Crippen LogP) is 4.10. The molecule has 0 heterocycles. The summed E-state index contributed by atoms with van der Waals surface area (Å²) in [6.45, 7) is 0. The highest BCUT2D eigenvalue weighted by atomic mass is 32.2. The first kappa shape index (κ1) is 24.6. The summed E-state index contributed by atoms with van der Waals surface area (Å²) in [7, 11) is -5.63. The van der Waals surface area contributed by atoms with Gasteiger partial charge < -0.3 is 0 Å². The van der Waals surface area contributed by atoms with E-state index in [1.165, 1.54) is 0 Å². The average Bonchev–Trinajstić information content (AvgIpc) is 2.40. The molecule has 1 unspecified atom stereocenters. The van der Waals surface area contributed by atoms with E-state index in [9.17, 15) is 61.1 Å². The fraction of sp³-hybridized carbons (Fsp3) is 0.900. The fourth-order valence-corrected chi connectivity index (χ4v) is 2.82. The Morgan fingerprint density at radius 3 is 1.50 bits per heavy atom. The van der Waals surface area contributed by atoms with E-state index in [2.05, 4.69) is 0 Å². The normalized spacial score (nSPS) is 16.3. The van der Waals surface area contributed by atoms with Crippen molar-refractivity contribution in [1.29, 1.82) is 5.26 Å². The third-order valence-corrected chi connectivity index (χ3v) is 4.86. The van der Waals surface area contributed by atoms with E-state index in [-0.39, 0.29) is 0 Å². The summed E-state index contributed by atoms with van der Waals surface area (Å²) in [5.74, 6) is -20.8. The van der Waals surface area contributed by atoms with Gasteiger partial charge in [0.2, 0.25) is 0 Å². The number of hydrogen-bond donors (Lipinski definition) is 0. The van der Waals surface area contributed by atoms with E-state index in [1.54, 1.807) is 0 Å². The van der Waals surface area contributed by atoms with Crippen molar-refractivity contribution < 1.29 is 61.1 Å². The molecule has 0 fully saturated rings. The number of nitriles is 1. The van der Waals surface area contributed by atoms with Crippen molar-refractivity contribution in [2.75, 3.05) is 5.75 Å². The molecule has 0 N–H and O–H groups in total. The quantitative estimate of drug-likeness (QED) is 0.568. The van der Waals surface area contributed by atoms with Gasteiger partial charge in [0.1, 0.15) is 0 Å². The van der Waals surface area contributed by atoms with Crippen molar-refractivity contribution in [3.05, 3.63) is 0 Å². The molecule has 0 aromatic rings. The minimum Gasteiger partial charge on any atom is -0.227 e. The van der Waals surface area contributed by atoms with Crippen molar-refractivity contribution >= 4 is 9.84 Å². The van der Waals surface area contributed by atoms with Gasteiger partial charge in [0.05, 0.1) is 11.8 Å². The SMILES string of the molecule is N#CC(CC(F)(F)C(F)(F)C(F)(F)F)S(=O)(=O)CCC(F)(F)C(F)(F)F. The molecule has 3 nitrogen and oxygen atoms in total. The molecule has 0 aromatic heterocycles. The van der Waals surface area contributed by atoms with Crippen LogP contribution in [0.15, 0.2) is 0 Å². The Hall–Kier alpha value is -1.40. The second-order valence-corrected chi connectivity index (χ2v) is 7.22. The summed E-state index contributed by atoms with van der Waals surface area (Å²) in [5, 5.41) is 5.00. The van der Waals surface area contributed by atoms with Crippen LogP contribution in [-0.4, -0.2) is 49.5 Å². The summed E-state index contributed by atoms with van der Waals surface area (Å²) >= 11 is 0. The molecule has 0 aliphatic carbocycles. The van der Waals surface area contributed by atoms with Gasteiger partial charge in [0.25, 0.3) is 0 Å². The number of sulfone groups is 1. The van der Waals surface area contributed by atoms with Crippen LogP contribution in [0.3, 0.4) is 0 Å². The highest BCUT2D eigenvalue weighted by Crippen LogP contribution is 2.49. The minimum absolute atomic E-state index is 0.402. The van der Waals surface area contributed by atoms with Gasteiger partial charge in [-0.2, -0.15) is 57.9 Å². The van der Waals surface area contributed by atoms with Crippen LogP contribution in [0.2, 0.25) is 0 Å². The molecule has 0 aliphatic rings. The molecule has 26 heavy (non-hydrogen) atoms. The number of nitrogens with zero attached hydrogens (tertiary/aromatic N) is 1. The van der Waals surface area contributed by atoms with E-state index in [4.69, 9.17) is 5.26 Å². The number of hydrogen-bond acceptors (Lipinski definition) is 3. The molecule has 0 aliphatic heterocycles. The lowest BCUT2D eigenvalue weighted by atomic mass is 10.1. The Morgan fingerprint density at radius 1 is 0.769 bits per heavy atom. The van der Waals surface area contributed by atoms with Crippen LogP contribution in [0, 0.1) is 11.3 Å². The maximum absolute atomic E-state index is 13.1. The average molecular weight is 433 g/mol. The summed E-state index contributed by atoms with van der Waals surface area (Å²) in [5.41, 5.74) is 0. The Kier molecular flexibility index (Phi) is 6.59. The molecule has 0 rings (SSSR count). The monoisotopic (exact) mass is 433 g/mol. The van der Waals surface area contributed by atoms with Crippen molar-refractivity contribution in [1.82, 2.24) is 0 Å². The van der Waals surface area contributed by atoms with Gasteiger partial charge in [-0.25, -0.2) is 8.42 Å². The maximum Gasteiger partial charge on any atom is 0.459 e. The molecule has 16 heteroatoms. The second-order valence-electron chi connectivity index (χ2n) is 4.92. The standard InChI is InChI=1S/C10H7F12NO2S/c11-6(12,9(17,18)19)1-2-26(24,25)5(4-23)3-7(13,14)8(15,16)10(20,21)22/h5H,1-3H2. The van der Waals surface area contributed by atoms with Gasteiger partial charge >= 0.3 is 30.1 Å². The highest BCUT2D eigenvalue weighted by molar-refractivity contribution is 7.92. The van der Waals surface area contributed by atoms with Crippen LogP contribution < -0.4 is 0 Å². The zero-order valence-electron chi connectivity index (χ0n) is 11.9. The summed E-state index contributed by atoms with van der Waals surface area (Å²) in [6.07, 6.45) is -18.6. The fourth-order valence-electron chi connectivity index (χ4n) is 1.38. The van der Waals surface area contributed by atoms with E-state index in [0.717, 1.165) is 0 Å². The first-order valence-electron chi connectivity index (χ1n) is 6.00. The minimum atomic E-state index is -6.84. The van der Waals surface area contributed by atoms with Crippen molar-refractivity contribution in [2.45, 2.75) is 48.2 Å². The molecule has 0 radical (unpaired) electrons. The third kappa shape index (κ3) is 5.07. The van der Waals surface area contributed by atoms with E-state index in [1.807, 2.05) is 0 Å². The van der Waals surface area contributed by atoms with Gasteiger partial charge in [-0.1, -0.05) is 0 Å². The Bertz CT molecular complexity index is 642. The van der Waals surface area contributed by atoms with Crippen LogP contribution in [0.5, 0.6) is 0 Å².